The minimum absolute atomic E-state index is 0.0872. The van der Waals surface area contributed by atoms with Gasteiger partial charge in [0.05, 0.1) is 0 Å². The van der Waals surface area contributed by atoms with E-state index >= 15 is 0 Å². The van der Waals surface area contributed by atoms with Crippen molar-refractivity contribution in [1.82, 2.24) is 0 Å². The van der Waals surface area contributed by atoms with Crippen LogP contribution < -0.4 is 0 Å². The summed E-state index contributed by atoms with van der Waals surface area (Å²) in [6.45, 7) is 6.53. The first-order valence-corrected chi connectivity index (χ1v) is 31.3. The maximum absolute atomic E-state index is 12.9. The van der Waals surface area contributed by atoms with E-state index in [2.05, 4.69) is 81.5 Å². The van der Waals surface area contributed by atoms with E-state index in [0.29, 0.717) is 19.3 Å². The topological polar surface area (TPSA) is 78.9 Å². The SMILES string of the molecule is CC/C=C\C/C=C\C/C=C\C/C=C\C/C=C\CCCC(=O)OCC(COC(=O)CCCCCCCCCCCCCCCCCCCCC)OC(=O)CCCCCCCCCCCCCCCCCCCC. The molecule has 0 heterocycles. The molecule has 418 valence electrons. The predicted molar refractivity (Wildman–Crippen MR) is 312 cm³/mol. The Morgan fingerprint density at radius 3 is 0.847 bits per heavy atom. The summed E-state index contributed by atoms with van der Waals surface area (Å²) < 4.78 is 16.9. The number of hydrogen-bond donors (Lipinski definition) is 0. The lowest BCUT2D eigenvalue weighted by atomic mass is 10.0. The summed E-state index contributed by atoms with van der Waals surface area (Å²) in [5.41, 5.74) is 0. The molecule has 0 aliphatic carbocycles. The van der Waals surface area contributed by atoms with Crippen LogP contribution in [0, 0.1) is 0 Å². The average molecular weight is 1010 g/mol. The van der Waals surface area contributed by atoms with Crippen LogP contribution >= 0.6 is 0 Å². The molecule has 0 spiro atoms. The second kappa shape index (κ2) is 60.7. The minimum Gasteiger partial charge on any atom is -0.462 e. The fourth-order valence-electron chi connectivity index (χ4n) is 9.13. The van der Waals surface area contributed by atoms with E-state index in [1.54, 1.807) is 0 Å². The molecule has 0 aromatic heterocycles. The quantitative estimate of drug-likeness (QED) is 0.0261. The summed E-state index contributed by atoms with van der Waals surface area (Å²) in [7, 11) is 0. The summed E-state index contributed by atoms with van der Waals surface area (Å²) in [4.78, 5) is 38.3. The Kier molecular flexibility index (Phi) is 58.2. The van der Waals surface area contributed by atoms with Gasteiger partial charge in [-0.25, -0.2) is 0 Å². The Balaban J connectivity index is 4.40. The molecule has 0 rings (SSSR count). The molecule has 0 bridgehead atoms. The van der Waals surface area contributed by atoms with Gasteiger partial charge in [-0.05, 0) is 57.8 Å². The van der Waals surface area contributed by atoms with Crippen molar-refractivity contribution in [1.29, 1.82) is 0 Å². The molecule has 0 radical (unpaired) electrons. The molecular weight excluding hydrogens is 889 g/mol. The van der Waals surface area contributed by atoms with Crippen LogP contribution in [0.4, 0.5) is 0 Å². The molecule has 1 unspecified atom stereocenters. The zero-order valence-corrected chi connectivity index (χ0v) is 47.9. The van der Waals surface area contributed by atoms with E-state index in [4.69, 9.17) is 14.2 Å². The first-order valence-electron chi connectivity index (χ1n) is 31.3. The van der Waals surface area contributed by atoms with Crippen molar-refractivity contribution in [3.05, 3.63) is 60.8 Å². The third-order valence-corrected chi connectivity index (χ3v) is 13.8. The first kappa shape index (κ1) is 69.1. The van der Waals surface area contributed by atoms with Crippen LogP contribution in [-0.2, 0) is 28.6 Å². The van der Waals surface area contributed by atoms with Crippen molar-refractivity contribution >= 4 is 17.9 Å². The Morgan fingerprint density at radius 1 is 0.292 bits per heavy atom. The number of esters is 3. The Labute approximate surface area is 447 Å². The van der Waals surface area contributed by atoms with Crippen molar-refractivity contribution in [2.75, 3.05) is 13.2 Å². The van der Waals surface area contributed by atoms with E-state index in [0.717, 1.165) is 77.0 Å². The largest absolute Gasteiger partial charge is 0.462 e. The maximum atomic E-state index is 12.9. The Morgan fingerprint density at radius 2 is 0.542 bits per heavy atom. The number of ether oxygens (including phenoxy) is 3. The molecule has 0 amide bonds. The third-order valence-electron chi connectivity index (χ3n) is 13.8. The number of allylic oxidation sites excluding steroid dienone is 10. The Hall–Kier alpha value is -2.89. The van der Waals surface area contributed by atoms with Crippen LogP contribution in [0.15, 0.2) is 60.8 Å². The summed E-state index contributed by atoms with van der Waals surface area (Å²) >= 11 is 0. The van der Waals surface area contributed by atoms with Gasteiger partial charge < -0.3 is 14.2 Å². The van der Waals surface area contributed by atoms with Crippen molar-refractivity contribution in [3.63, 3.8) is 0 Å². The fraction of sp³-hybridized carbons (Fsp3) is 0.803. The van der Waals surface area contributed by atoms with Crippen LogP contribution in [0.3, 0.4) is 0 Å². The molecule has 0 aliphatic heterocycles. The molecular formula is C66H118O6. The lowest BCUT2D eigenvalue weighted by Gasteiger charge is -2.18. The highest BCUT2D eigenvalue weighted by Gasteiger charge is 2.19. The van der Waals surface area contributed by atoms with E-state index in [-0.39, 0.29) is 37.5 Å². The molecule has 0 saturated heterocycles. The molecule has 0 N–H and O–H groups in total. The van der Waals surface area contributed by atoms with Crippen LogP contribution in [0.2, 0.25) is 0 Å². The molecule has 6 nitrogen and oxygen atoms in total. The van der Waals surface area contributed by atoms with Gasteiger partial charge in [-0.2, -0.15) is 0 Å². The van der Waals surface area contributed by atoms with E-state index in [9.17, 15) is 14.4 Å². The lowest BCUT2D eigenvalue weighted by Crippen LogP contribution is -2.30. The monoisotopic (exact) mass is 1010 g/mol. The summed E-state index contributed by atoms with van der Waals surface area (Å²) in [6, 6.07) is 0. The summed E-state index contributed by atoms with van der Waals surface area (Å²) in [5.74, 6) is -0.928. The molecule has 0 aromatic rings. The van der Waals surface area contributed by atoms with Gasteiger partial charge >= 0.3 is 17.9 Å². The van der Waals surface area contributed by atoms with Gasteiger partial charge in [0, 0.05) is 19.3 Å². The predicted octanol–water partition coefficient (Wildman–Crippen LogP) is 21.2. The summed E-state index contributed by atoms with van der Waals surface area (Å²) in [5, 5.41) is 0. The first-order chi connectivity index (χ1) is 35.5. The van der Waals surface area contributed by atoms with Crippen LogP contribution in [0.1, 0.15) is 323 Å². The number of rotatable bonds is 57. The van der Waals surface area contributed by atoms with Crippen LogP contribution in [-0.4, -0.2) is 37.2 Å². The van der Waals surface area contributed by atoms with Crippen molar-refractivity contribution < 1.29 is 28.6 Å². The molecule has 0 fully saturated rings. The van der Waals surface area contributed by atoms with Crippen LogP contribution in [0.5, 0.6) is 0 Å². The van der Waals surface area contributed by atoms with Gasteiger partial charge in [-0.1, -0.05) is 306 Å². The smallest absolute Gasteiger partial charge is 0.306 e. The minimum atomic E-state index is -0.794. The molecule has 0 saturated carbocycles. The number of carbonyl (C=O) groups excluding carboxylic acids is 3. The number of carbonyl (C=O) groups is 3. The highest BCUT2D eigenvalue weighted by molar-refractivity contribution is 5.71. The second-order valence-electron chi connectivity index (χ2n) is 21.0. The van der Waals surface area contributed by atoms with Crippen molar-refractivity contribution in [2.24, 2.45) is 0 Å². The highest BCUT2D eigenvalue weighted by Crippen LogP contribution is 2.17. The van der Waals surface area contributed by atoms with Gasteiger partial charge in [0.1, 0.15) is 13.2 Å². The normalized spacial score (nSPS) is 12.4. The van der Waals surface area contributed by atoms with E-state index < -0.39 is 6.10 Å². The van der Waals surface area contributed by atoms with Gasteiger partial charge in [0.25, 0.3) is 0 Å². The standard InChI is InChI=1S/C66H118O6/c1-4-7-10-13-16-19-22-25-28-31-33-36-38-41-44-47-50-53-56-59-65(68)71-62-63(61-70-64(67)58-55-52-49-46-43-40-37-34-30-27-24-21-18-15-12-9-6-3)72-66(69)60-57-54-51-48-45-42-39-35-32-29-26-23-20-17-14-11-8-5-2/h9,12,18,21,27,30,37,40,46,49,63H,4-8,10-11,13-17,19-20,22-26,28-29,31-36,38-39,41-45,47-48,50-62H2,1-3H3/b12-9-,21-18-,30-27-,40-37-,49-46-. The molecule has 1 atom stereocenters. The van der Waals surface area contributed by atoms with E-state index in [1.165, 1.54) is 199 Å². The molecule has 0 aliphatic rings. The fourth-order valence-corrected chi connectivity index (χ4v) is 9.13. The van der Waals surface area contributed by atoms with Crippen molar-refractivity contribution in [2.45, 2.75) is 329 Å². The van der Waals surface area contributed by atoms with E-state index in [1.807, 2.05) is 0 Å². The molecule has 6 heteroatoms. The van der Waals surface area contributed by atoms with Gasteiger partial charge in [0.15, 0.2) is 6.10 Å². The molecule has 0 aromatic carbocycles. The zero-order chi connectivity index (χ0) is 52.2. The molecule has 72 heavy (non-hydrogen) atoms. The van der Waals surface area contributed by atoms with Gasteiger partial charge in [-0.15, -0.1) is 0 Å². The second-order valence-corrected chi connectivity index (χ2v) is 21.0. The lowest BCUT2D eigenvalue weighted by molar-refractivity contribution is -0.167. The number of hydrogen-bond acceptors (Lipinski definition) is 6. The number of unbranched alkanes of at least 4 members (excludes halogenated alkanes) is 36. The van der Waals surface area contributed by atoms with Gasteiger partial charge in [-0.3, -0.25) is 14.4 Å². The van der Waals surface area contributed by atoms with Crippen molar-refractivity contribution in [3.8, 4) is 0 Å². The van der Waals surface area contributed by atoms with Crippen LogP contribution in [0.25, 0.3) is 0 Å². The van der Waals surface area contributed by atoms with Gasteiger partial charge in [0.2, 0.25) is 0 Å². The Bertz CT molecular complexity index is 1290. The average Bonchev–Trinajstić information content (AvgIpc) is 3.38. The zero-order valence-electron chi connectivity index (χ0n) is 47.9. The summed E-state index contributed by atoms with van der Waals surface area (Å²) in [6.07, 6.45) is 76.6. The maximum Gasteiger partial charge on any atom is 0.306 e. The third kappa shape index (κ3) is 58.0. The highest BCUT2D eigenvalue weighted by atomic mass is 16.6.